The van der Waals surface area contributed by atoms with Crippen LogP contribution in [0.3, 0.4) is 0 Å². The van der Waals surface area contributed by atoms with Gasteiger partial charge in [0.15, 0.2) is 0 Å². The smallest absolute Gasteiger partial charge is 0.0921 e. The van der Waals surface area contributed by atoms with E-state index in [-0.39, 0.29) is 0 Å². The van der Waals surface area contributed by atoms with Crippen LogP contribution in [-0.2, 0) is 11.2 Å². The number of hydrogen-bond donors (Lipinski definition) is 1. The number of rotatable bonds is 2. The second-order valence-corrected chi connectivity index (χ2v) is 4.98. The van der Waals surface area contributed by atoms with Gasteiger partial charge in [-0.25, -0.2) is 0 Å². The average Bonchev–Trinajstić information content (AvgIpc) is 2.24. The van der Waals surface area contributed by atoms with E-state index in [4.69, 9.17) is 4.74 Å². The first-order valence-corrected chi connectivity index (χ1v) is 5.95. The molecule has 1 heterocycles. The molecule has 0 radical (unpaired) electrons. The van der Waals surface area contributed by atoms with Crippen molar-refractivity contribution in [1.29, 1.82) is 0 Å². The molecule has 2 rings (SSSR count). The fraction of sp³-hybridized carbons (Fsp3) is 0.571. The molecule has 0 amide bonds. The molecule has 0 spiro atoms. The van der Waals surface area contributed by atoms with Gasteiger partial charge in [0.25, 0.3) is 0 Å². The zero-order chi connectivity index (χ0) is 11.6. The van der Waals surface area contributed by atoms with Crippen LogP contribution in [-0.4, -0.2) is 23.9 Å². The van der Waals surface area contributed by atoms with Gasteiger partial charge in [0, 0.05) is 13.0 Å². The lowest BCUT2D eigenvalue weighted by Gasteiger charge is -2.32. The summed E-state index contributed by atoms with van der Waals surface area (Å²) in [5, 5.41) is 10.4. The van der Waals surface area contributed by atoms with Crippen LogP contribution >= 0.6 is 0 Å². The molecule has 1 N–H and O–H groups in total. The number of ether oxygens (including phenoxy) is 1. The minimum absolute atomic E-state index is 0.472. The predicted molar refractivity (Wildman–Crippen MR) is 64.6 cm³/mol. The van der Waals surface area contributed by atoms with Gasteiger partial charge in [-0.15, -0.1) is 0 Å². The van der Waals surface area contributed by atoms with Crippen molar-refractivity contribution in [3.05, 3.63) is 34.9 Å². The highest BCUT2D eigenvalue weighted by Crippen LogP contribution is 2.24. The Morgan fingerprint density at radius 1 is 1.31 bits per heavy atom. The van der Waals surface area contributed by atoms with Crippen molar-refractivity contribution in [1.82, 2.24) is 0 Å². The molecule has 16 heavy (non-hydrogen) atoms. The second kappa shape index (κ2) is 4.56. The van der Waals surface area contributed by atoms with E-state index in [1.54, 1.807) is 0 Å². The van der Waals surface area contributed by atoms with Crippen LogP contribution in [0.15, 0.2) is 18.2 Å². The topological polar surface area (TPSA) is 29.5 Å². The molecule has 2 heteroatoms. The van der Waals surface area contributed by atoms with Gasteiger partial charge >= 0.3 is 0 Å². The Labute approximate surface area is 97.3 Å². The van der Waals surface area contributed by atoms with Crippen molar-refractivity contribution in [3.63, 3.8) is 0 Å². The van der Waals surface area contributed by atoms with Crippen LogP contribution in [0.2, 0.25) is 0 Å². The molecule has 0 aromatic heterocycles. The van der Waals surface area contributed by atoms with E-state index in [1.165, 1.54) is 16.7 Å². The summed E-state index contributed by atoms with van der Waals surface area (Å²) in [5.74, 6) is 0. The molecular weight excluding hydrogens is 200 g/mol. The first-order valence-electron chi connectivity index (χ1n) is 5.95. The van der Waals surface area contributed by atoms with Crippen molar-refractivity contribution < 1.29 is 9.84 Å². The molecule has 1 saturated heterocycles. The van der Waals surface area contributed by atoms with E-state index in [2.05, 4.69) is 32.0 Å². The molecule has 1 fully saturated rings. The van der Waals surface area contributed by atoms with Gasteiger partial charge in [-0.1, -0.05) is 18.2 Å². The van der Waals surface area contributed by atoms with Gasteiger partial charge in [0.1, 0.15) is 0 Å². The van der Waals surface area contributed by atoms with E-state index < -0.39 is 5.60 Å². The largest absolute Gasteiger partial charge is 0.387 e. The van der Waals surface area contributed by atoms with Gasteiger partial charge in [0.2, 0.25) is 0 Å². The molecule has 0 saturated carbocycles. The lowest BCUT2D eigenvalue weighted by molar-refractivity contribution is -0.0845. The molecule has 0 bridgehead atoms. The molecule has 1 aromatic rings. The van der Waals surface area contributed by atoms with Crippen LogP contribution in [0.4, 0.5) is 0 Å². The molecule has 1 atom stereocenters. The summed E-state index contributed by atoms with van der Waals surface area (Å²) in [6, 6.07) is 6.40. The van der Waals surface area contributed by atoms with E-state index in [0.29, 0.717) is 13.0 Å². The van der Waals surface area contributed by atoms with Crippen molar-refractivity contribution in [2.24, 2.45) is 0 Å². The molecule has 1 unspecified atom stereocenters. The number of hydrogen-bond acceptors (Lipinski definition) is 2. The van der Waals surface area contributed by atoms with Crippen LogP contribution in [0.25, 0.3) is 0 Å². The lowest BCUT2D eigenvalue weighted by atomic mass is 9.88. The Hall–Kier alpha value is -0.860. The Balaban J connectivity index is 2.10. The number of aliphatic hydroxyl groups is 1. The molecular formula is C14H20O2. The van der Waals surface area contributed by atoms with E-state index >= 15 is 0 Å². The van der Waals surface area contributed by atoms with Gasteiger partial charge in [-0.05, 0) is 43.4 Å². The quantitative estimate of drug-likeness (QED) is 0.829. The summed E-state index contributed by atoms with van der Waals surface area (Å²) in [6.07, 6.45) is 2.51. The average molecular weight is 220 g/mol. The van der Waals surface area contributed by atoms with Crippen LogP contribution in [0.5, 0.6) is 0 Å². The maximum atomic E-state index is 10.4. The maximum Gasteiger partial charge on any atom is 0.0921 e. The Morgan fingerprint density at radius 3 is 2.75 bits per heavy atom. The van der Waals surface area contributed by atoms with Crippen molar-refractivity contribution >= 4 is 0 Å². The predicted octanol–water partition coefficient (Wildman–Crippen LogP) is 2.39. The molecule has 2 nitrogen and oxygen atoms in total. The number of aryl methyl sites for hydroxylation is 2. The van der Waals surface area contributed by atoms with E-state index in [0.717, 1.165) is 19.4 Å². The molecule has 1 aliphatic heterocycles. The minimum atomic E-state index is -0.653. The number of benzene rings is 1. The second-order valence-electron chi connectivity index (χ2n) is 4.98. The summed E-state index contributed by atoms with van der Waals surface area (Å²) in [4.78, 5) is 0. The monoisotopic (exact) mass is 220 g/mol. The highest BCUT2D eigenvalue weighted by atomic mass is 16.5. The van der Waals surface area contributed by atoms with Gasteiger partial charge < -0.3 is 9.84 Å². The Morgan fingerprint density at radius 2 is 2.12 bits per heavy atom. The molecule has 1 aliphatic rings. The summed E-state index contributed by atoms with van der Waals surface area (Å²) in [6.45, 7) is 5.48. The van der Waals surface area contributed by atoms with Crippen LogP contribution in [0, 0.1) is 13.8 Å². The summed E-state index contributed by atoms with van der Waals surface area (Å²) < 4.78 is 5.36. The molecule has 0 aliphatic carbocycles. The SMILES string of the molecule is Cc1ccc(CC2(O)CCCOC2)cc1C. The van der Waals surface area contributed by atoms with Crippen LogP contribution < -0.4 is 0 Å². The molecule has 1 aromatic carbocycles. The Bertz CT molecular complexity index is 365. The van der Waals surface area contributed by atoms with Gasteiger partial charge in [-0.2, -0.15) is 0 Å². The summed E-state index contributed by atoms with van der Waals surface area (Å²) in [5.41, 5.74) is 3.14. The highest BCUT2D eigenvalue weighted by Gasteiger charge is 2.30. The summed E-state index contributed by atoms with van der Waals surface area (Å²) >= 11 is 0. The zero-order valence-corrected chi connectivity index (χ0v) is 10.1. The Kier molecular flexibility index (Phi) is 3.31. The fourth-order valence-corrected chi connectivity index (χ4v) is 2.27. The normalized spacial score (nSPS) is 25.7. The van der Waals surface area contributed by atoms with Crippen molar-refractivity contribution in [3.8, 4) is 0 Å². The van der Waals surface area contributed by atoms with Gasteiger partial charge in [0.05, 0.1) is 12.2 Å². The molecule has 88 valence electrons. The van der Waals surface area contributed by atoms with E-state index in [1.807, 2.05) is 0 Å². The van der Waals surface area contributed by atoms with Crippen molar-refractivity contribution in [2.45, 2.75) is 38.7 Å². The third kappa shape index (κ3) is 2.63. The van der Waals surface area contributed by atoms with Crippen molar-refractivity contribution in [2.75, 3.05) is 13.2 Å². The first kappa shape index (κ1) is 11.6. The van der Waals surface area contributed by atoms with Crippen LogP contribution in [0.1, 0.15) is 29.5 Å². The maximum absolute atomic E-state index is 10.4. The third-order valence-corrected chi connectivity index (χ3v) is 3.41. The standard InChI is InChI=1S/C14H20O2/c1-11-4-5-13(8-12(11)2)9-14(15)6-3-7-16-10-14/h4-5,8,15H,3,6-7,9-10H2,1-2H3. The lowest BCUT2D eigenvalue weighted by Crippen LogP contribution is -2.40. The highest BCUT2D eigenvalue weighted by molar-refractivity contribution is 5.30. The van der Waals surface area contributed by atoms with E-state index in [9.17, 15) is 5.11 Å². The minimum Gasteiger partial charge on any atom is -0.387 e. The fourth-order valence-electron chi connectivity index (χ4n) is 2.27. The third-order valence-electron chi connectivity index (χ3n) is 3.41. The zero-order valence-electron chi connectivity index (χ0n) is 10.1. The summed E-state index contributed by atoms with van der Waals surface area (Å²) in [7, 11) is 0. The van der Waals surface area contributed by atoms with Gasteiger partial charge in [-0.3, -0.25) is 0 Å². The first-order chi connectivity index (χ1) is 7.59.